The Labute approximate surface area is 98.2 Å². The van der Waals surface area contributed by atoms with Gasteiger partial charge in [0.15, 0.2) is 5.78 Å². The number of hydrogen-bond acceptors (Lipinski definition) is 3. The highest BCUT2D eigenvalue weighted by molar-refractivity contribution is 6.36. The van der Waals surface area contributed by atoms with Gasteiger partial charge in [0.1, 0.15) is 5.75 Å². The molecule has 0 saturated heterocycles. The molecule has 0 aliphatic carbocycles. The van der Waals surface area contributed by atoms with Gasteiger partial charge in [0.05, 0.1) is 17.1 Å². The maximum absolute atomic E-state index is 11.7. The summed E-state index contributed by atoms with van der Waals surface area (Å²) in [5.74, 6) is -0.435. The summed E-state index contributed by atoms with van der Waals surface area (Å²) >= 11 is 11.4. The summed E-state index contributed by atoms with van der Waals surface area (Å²) in [5, 5.41) is 10.00. The zero-order valence-corrected chi connectivity index (χ0v) is 9.93. The van der Waals surface area contributed by atoms with Gasteiger partial charge in [0, 0.05) is 5.02 Å². The fourth-order valence-corrected chi connectivity index (χ4v) is 1.64. The summed E-state index contributed by atoms with van der Waals surface area (Å²) in [6, 6.07) is 2.81. The number of phenolic OH excluding ortho intramolecular Hbond substituents is 1. The third-order valence-electron chi connectivity index (χ3n) is 1.79. The minimum atomic E-state index is -0.220. The van der Waals surface area contributed by atoms with Crippen LogP contribution in [-0.4, -0.2) is 36.4 Å². The zero-order chi connectivity index (χ0) is 11.6. The maximum Gasteiger partial charge on any atom is 0.180 e. The standard InChI is InChI=1S/C10H11Cl2NO2/c1-13(2)5-9(14)7-3-6(11)4-8(12)10(7)15/h3-4,15H,5H2,1-2H3. The maximum atomic E-state index is 11.7. The van der Waals surface area contributed by atoms with E-state index in [0.717, 1.165) is 0 Å². The van der Waals surface area contributed by atoms with Gasteiger partial charge in [-0.2, -0.15) is 0 Å². The number of likely N-dealkylation sites (N-methyl/N-ethyl adjacent to an activating group) is 1. The van der Waals surface area contributed by atoms with Crippen LogP contribution in [0, 0.1) is 0 Å². The number of halogens is 2. The number of benzene rings is 1. The Hall–Kier alpha value is -0.770. The normalized spacial score (nSPS) is 10.7. The lowest BCUT2D eigenvalue weighted by Gasteiger charge is -2.10. The summed E-state index contributed by atoms with van der Waals surface area (Å²) in [6.07, 6.45) is 0. The average Bonchev–Trinajstić information content (AvgIpc) is 2.09. The van der Waals surface area contributed by atoms with Crippen LogP contribution in [0.4, 0.5) is 0 Å². The van der Waals surface area contributed by atoms with Crippen molar-refractivity contribution >= 4 is 29.0 Å². The molecule has 82 valence electrons. The van der Waals surface area contributed by atoms with Gasteiger partial charge in [0.2, 0.25) is 0 Å². The van der Waals surface area contributed by atoms with Crippen molar-refractivity contribution in [3.63, 3.8) is 0 Å². The molecule has 0 atom stereocenters. The largest absolute Gasteiger partial charge is 0.506 e. The number of phenols is 1. The predicted octanol–water partition coefficient (Wildman–Crippen LogP) is 2.44. The summed E-state index contributed by atoms with van der Waals surface area (Å²) < 4.78 is 0. The fraction of sp³-hybridized carbons (Fsp3) is 0.300. The number of ketones is 1. The summed E-state index contributed by atoms with van der Waals surface area (Å²) in [4.78, 5) is 13.4. The Bertz CT molecular complexity index is 391. The SMILES string of the molecule is CN(C)CC(=O)c1cc(Cl)cc(Cl)c1O. The molecule has 0 radical (unpaired) electrons. The Morgan fingerprint density at radius 1 is 1.40 bits per heavy atom. The molecule has 0 spiro atoms. The molecule has 1 N–H and O–H groups in total. The van der Waals surface area contributed by atoms with Crippen molar-refractivity contribution in [1.29, 1.82) is 0 Å². The molecule has 15 heavy (non-hydrogen) atoms. The molecule has 1 rings (SSSR count). The van der Waals surface area contributed by atoms with E-state index < -0.39 is 0 Å². The molecular formula is C10H11Cl2NO2. The smallest absolute Gasteiger partial charge is 0.180 e. The topological polar surface area (TPSA) is 40.5 Å². The van der Waals surface area contributed by atoms with Crippen LogP contribution in [0.15, 0.2) is 12.1 Å². The van der Waals surface area contributed by atoms with E-state index in [1.54, 1.807) is 19.0 Å². The molecule has 0 saturated carbocycles. The molecule has 0 aromatic heterocycles. The number of aromatic hydroxyl groups is 1. The van der Waals surface area contributed by atoms with E-state index in [4.69, 9.17) is 23.2 Å². The van der Waals surface area contributed by atoms with Crippen LogP contribution in [-0.2, 0) is 0 Å². The number of rotatable bonds is 3. The van der Waals surface area contributed by atoms with Gasteiger partial charge >= 0.3 is 0 Å². The molecule has 3 nitrogen and oxygen atoms in total. The van der Waals surface area contributed by atoms with E-state index in [9.17, 15) is 9.90 Å². The highest BCUT2D eigenvalue weighted by Crippen LogP contribution is 2.31. The van der Waals surface area contributed by atoms with Crippen LogP contribution in [0.1, 0.15) is 10.4 Å². The van der Waals surface area contributed by atoms with E-state index in [1.807, 2.05) is 0 Å². The third kappa shape index (κ3) is 3.09. The molecule has 0 amide bonds. The van der Waals surface area contributed by atoms with Crippen molar-refractivity contribution in [1.82, 2.24) is 4.90 Å². The van der Waals surface area contributed by atoms with Gasteiger partial charge in [0.25, 0.3) is 0 Å². The average molecular weight is 248 g/mol. The summed E-state index contributed by atoms with van der Waals surface area (Å²) in [5.41, 5.74) is 0.154. The lowest BCUT2D eigenvalue weighted by molar-refractivity contribution is 0.0955. The first-order chi connectivity index (χ1) is 6.91. The third-order valence-corrected chi connectivity index (χ3v) is 2.29. The Kier molecular flexibility index (Phi) is 3.97. The van der Waals surface area contributed by atoms with Crippen molar-refractivity contribution in [2.45, 2.75) is 0 Å². The van der Waals surface area contributed by atoms with Crippen LogP contribution in [0.25, 0.3) is 0 Å². The molecule has 0 bridgehead atoms. The molecule has 0 aliphatic rings. The first-order valence-electron chi connectivity index (χ1n) is 4.27. The number of hydrogen-bond donors (Lipinski definition) is 1. The Balaban J connectivity index is 3.08. The Morgan fingerprint density at radius 3 is 2.53 bits per heavy atom. The second-order valence-electron chi connectivity index (χ2n) is 3.44. The first kappa shape index (κ1) is 12.3. The second kappa shape index (κ2) is 4.84. The van der Waals surface area contributed by atoms with Crippen molar-refractivity contribution in [2.75, 3.05) is 20.6 Å². The van der Waals surface area contributed by atoms with Gasteiger partial charge in [-0.05, 0) is 26.2 Å². The second-order valence-corrected chi connectivity index (χ2v) is 4.29. The lowest BCUT2D eigenvalue weighted by atomic mass is 10.1. The van der Waals surface area contributed by atoms with E-state index in [1.165, 1.54) is 12.1 Å². The number of carbonyl (C=O) groups is 1. The van der Waals surface area contributed by atoms with Crippen molar-refractivity contribution in [3.05, 3.63) is 27.7 Å². The van der Waals surface area contributed by atoms with Crippen molar-refractivity contribution < 1.29 is 9.90 Å². The van der Waals surface area contributed by atoms with Gasteiger partial charge in [-0.15, -0.1) is 0 Å². The number of carbonyl (C=O) groups excluding carboxylic acids is 1. The van der Waals surface area contributed by atoms with Gasteiger partial charge in [-0.1, -0.05) is 23.2 Å². The first-order valence-corrected chi connectivity index (χ1v) is 5.03. The van der Waals surface area contributed by atoms with Crippen molar-refractivity contribution in [3.8, 4) is 5.75 Å². The number of nitrogens with zero attached hydrogens (tertiary/aromatic N) is 1. The summed E-state index contributed by atoms with van der Waals surface area (Å²) in [7, 11) is 3.53. The molecule has 5 heteroatoms. The lowest BCUT2D eigenvalue weighted by Crippen LogP contribution is -2.21. The monoisotopic (exact) mass is 247 g/mol. The van der Waals surface area contributed by atoms with E-state index >= 15 is 0 Å². The van der Waals surface area contributed by atoms with Crippen molar-refractivity contribution in [2.24, 2.45) is 0 Å². The highest BCUT2D eigenvalue weighted by Gasteiger charge is 2.15. The highest BCUT2D eigenvalue weighted by atomic mass is 35.5. The van der Waals surface area contributed by atoms with Crippen LogP contribution in [0.2, 0.25) is 10.0 Å². The molecule has 1 aromatic carbocycles. The van der Waals surface area contributed by atoms with Crippen LogP contribution in [0.5, 0.6) is 5.75 Å². The zero-order valence-electron chi connectivity index (χ0n) is 8.42. The Morgan fingerprint density at radius 2 is 2.00 bits per heavy atom. The molecule has 0 fully saturated rings. The number of Topliss-reactive ketones (excluding diaryl/α,β-unsaturated/α-hetero) is 1. The van der Waals surface area contributed by atoms with Crippen LogP contribution < -0.4 is 0 Å². The molecule has 0 aliphatic heterocycles. The molecular weight excluding hydrogens is 237 g/mol. The van der Waals surface area contributed by atoms with E-state index in [2.05, 4.69) is 0 Å². The van der Waals surface area contributed by atoms with Crippen LogP contribution in [0.3, 0.4) is 0 Å². The van der Waals surface area contributed by atoms with Gasteiger partial charge < -0.3 is 10.0 Å². The fourth-order valence-electron chi connectivity index (χ4n) is 1.15. The molecule has 1 aromatic rings. The summed E-state index contributed by atoms with van der Waals surface area (Å²) in [6.45, 7) is 0.199. The van der Waals surface area contributed by atoms with Crippen LogP contribution >= 0.6 is 23.2 Å². The van der Waals surface area contributed by atoms with E-state index in [0.29, 0.717) is 5.02 Å². The van der Waals surface area contributed by atoms with Gasteiger partial charge in [-0.25, -0.2) is 0 Å². The van der Waals surface area contributed by atoms with Gasteiger partial charge in [-0.3, -0.25) is 4.79 Å². The quantitative estimate of drug-likeness (QED) is 0.835. The minimum Gasteiger partial charge on any atom is -0.506 e. The minimum absolute atomic E-state index is 0.0876. The van der Waals surface area contributed by atoms with E-state index in [-0.39, 0.29) is 28.7 Å². The predicted molar refractivity (Wildman–Crippen MR) is 61.0 cm³/mol. The molecule has 0 unspecified atom stereocenters. The molecule has 0 heterocycles.